The molecule has 0 unspecified atom stereocenters. The number of ether oxygens (including phenoxy) is 3. The van der Waals surface area contributed by atoms with Gasteiger partial charge >= 0.3 is 12.1 Å². The van der Waals surface area contributed by atoms with Crippen LogP contribution in [0.4, 0.5) is 4.79 Å². The van der Waals surface area contributed by atoms with Crippen molar-refractivity contribution in [2.75, 3.05) is 14.2 Å². The van der Waals surface area contributed by atoms with E-state index in [-0.39, 0.29) is 0 Å². The summed E-state index contributed by atoms with van der Waals surface area (Å²) in [5.41, 5.74) is -0.374. The van der Waals surface area contributed by atoms with Crippen LogP contribution in [0.3, 0.4) is 0 Å². The van der Waals surface area contributed by atoms with Crippen molar-refractivity contribution in [1.29, 1.82) is 0 Å². The van der Waals surface area contributed by atoms with Crippen LogP contribution in [0.25, 0.3) is 0 Å². The normalized spacial score (nSPS) is 12.2. The van der Waals surface area contributed by atoms with Gasteiger partial charge in [-0.05, 0) is 38.5 Å². The Hall–Kier alpha value is -2.44. The number of rotatable bonds is 5. The van der Waals surface area contributed by atoms with Crippen LogP contribution in [0, 0.1) is 0 Å². The number of aliphatic carboxylic acids is 1. The first-order valence-corrected chi connectivity index (χ1v) is 6.62. The number of hydrogen-bond donors (Lipinski definition) is 2. The van der Waals surface area contributed by atoms with Crippen LogP contribution in [-0.4, -0.2) is 37.0 Å². The summed E-state index contributed by atoms with van der Waals surface area (Å²) in [6.07, 6.45) is -0.810. The van der Waals surface area contributed by atoms with Crippen LogP contribution in [-0.2, 0) is 9.53 Å². The van der Waals surface area contributed by atoms with Gasteiger partial charge in [-0.25, -0.2) is 9.59 Å². The number of alkyl carbamates (subject to hydrolysis) is 1. The summed E-state index contributed by atoms with van der Waals surface area (Å²) in [6, 6.07) is 3.35. The molecule has 7 heteroatoms. The molecule has 7 nitrogen and oxygen atoms in total. The number of carbonyl (C=O) groups excluding carboxylic acids is 1. The van der Waals surface area contributed by atoms with Crippen molar-refractivity contribution in [3.05, 3.63) is 23.8 Å². The Morgan fingerprint density at radius 1 is 1.14 bits per heavy atom. The van der Waals surface area contributed by atoms with Gasteiger partial charge in [0.1, 0.15) is 5.60 Å². The number of nitrogens with one attached hydrogen (secondary N) is 1. The van der Waals surface area contributed by atoms with Crippen molar-refractivity contribution < 1.29 is 28.9 Å². The number of amides is 1. The van der Waals surface area contributed by atoms with E-state index in [1.54, 1.807) is 26.8 Å². The fraction of sp³-hybridized carbons (Fsp3) is 0.467. The van der Waals surface area contributed by atoms with E-state index in [1.807, 2.05) is 0 Å². The van der Waals surface area contributed by atoms with Crippen LogP contribution >= 0.6 is 0 Å². The SMILES string of the molecule is COc1ccc([C@@H](NC(=O)OC(C)(C)C)C(=O)O)cc1OC. The minimum absolute atomic E-state index is 0.344. The van der Waals surface area contributed by atoms with Gasteiger partial charge < -0.3 is 24.6 Å². The molecule has 0 radical (unpaired) electrons. The fourth-order valence-corrected chi connectivity index (χ4v) is 1.75. The number of methoxy groups -OCH3 is 2. The van der Waals surface area contributed by atoms with Crippen LogP contribution in [0.1, 0.15) is 32.4 Å². The zero-order chi connectivity index (χ0) is 16.9. The molecule has 0 saturated heterocycles. The van der Waals surface area contributed by atoms with E-state index in [0.29, 0.717) is 17.1 Å². The average Bonchev–Trinajstić information content (AvgIpc) is 2.41. The van der Waals surface area contributed by atoms with Crippen LogP contribution in [0.5, 0.6) is 11.5 Å². The Labute approximate surface area is 129 Å². The molecule has 0 bridgehead atoms. The second kappa shape index (κ2) is 7.02. The van der Waals surface area contributed by atoms with E-state index in [0.717, 1.165) is 0 Å². The minimum Gasteiger partial charge on any atom is -0.493 e. The lowest BCUT2D eigenvalue weighted by molar-refractivity contribution is -0.139. The third-order valence-electron chi connectivity index (χ3n) is 2.65. The molecule has 0 aromatic heterocycles. The van der Waals surface area contributed by atoms with Crippen molar-refractivity contribution in [3.63, 3.8) is 0 Å². The topological polar surface area (TPSA) is 94.1 Å². The van der Waals surface area contributed by atoms with Crippen molar-refractivity contribution in [2.24, 2.45) is 0 Å². The molecule has 0 fully saturated rings. The maximum absolute atomic E-state index is 11.8. The van der Waals surface area contributed by atoms with Gasteiger partial charge in [-0.1, -0.05) is 6.07 Å². The fourth-order valence-electron chi connectivity index (χ4n) is 1.75. The third kappa shape index (κ3) is 4.83. The molecular formula is C15H21NO6. The van der Waals surface area contributed by atoms with E-state index >= 15 is 0 Å². The van der Waals surface area contributed by atoms with E-state index in [1.165, 1.54) is 26.4 Å². The van der Waals surface area contributed by atoms with Gasteiger partial charge in [0.05, 0.1) is 14.2 Å². The van der Waals surface area contributed by atoms with E-state index in [2.05, 4.69) is 5.32 Å². The quantitative estimate of drug-likeness (QED) is 0.867. The summed E-state index contributed by atoms with van der Waals surface area (Å²) >= 11 is 0. The number of carboxylic acid groups (broad SMARTS) is 1. The molecule has 1 aromatic carbocycles. The van der Waals surface area contributed by atoms with Crippen molar-refractivity contribution in [1.82, 2.24) is 5.32 Å². The molecule has 0 saturated carbocycles. The highest BCUT2D eigenvalue weighted by atomic mass is 16.6. The molecule has 0 aliphatic heterocycles. The second-order valence-corrected chi connectivity index (χ2v) is 5.53. The summed E-state index contributed by atoms with van der Waals surface area (Å²) < 4.78 is 15.3. The zero-order valence-electron chi connectivity index (χ0n) is 13.3. The number of carbonyl (C=O) groups is 2. The molecular weight excluding hydrogens is 290 g/mol. The maximum Gasteiger partial charge on any atom is 0.408 e. The number of carboxylic acids is 1. The highest BCUT2D eigenvalue weighted by Gasteiger charge is 2.26. The predicted molar refractivity (Wildman–Crippen MR) is 79.3 cm³/mol. The maximum atomic E-state index is 11.8. The Morgan fingerprint density at radius 3 is 2.18 bits per heavy atom. The number of hydrogen-bond acceptors (Lipinski definition) is 5. The van der Waals surface area contributed by atoms with Crippen LogP contribution < -0.4 is 14.8 Å². The summed E-state index contributed by atoms with van der Waals surface area (Å²) in [7, 11) is 2.92. The largest absolute Gasteiger partial charge is 0.493 e. The lowest BCUT2D eigenvalue weighted by Crippen LogP contribution is -2.38. The lowest BCUT2D eigenvalue weighted by atomic mass is 10.1. The van der Waals surface area contributed by atoms with Gasteiger partial charge in [0, 0.05) is 0 Å². The molecule has 1 amide bonds. The first kappa shape index (κ1) is 17.6. The summed E-state index contributed by atoms with van der Waals surface area (Å²) in [4.78, 5) is 23.2. The Kier molecular flexibility index (Phi) is 5.62. The van der Waals surface area contributed by atoms with Gasteiger partial charge in [-0.3, -0.25) is 0 Å². The van der Waals surface area contributed by atoms with Crippen LogP contribution in [0.15, 0.2) is 18.2 Å². The minimum atomic E-state index is -1.25. The molecule has 2 N–H and O–H groups in total. The van der Waals surface area contributed by atoms with E-state index in [9.17, 15) is 14.7 Å². The second-order valence-electron chi connectivity index (χ2n) is 5.53. The van der Waals surface area contributed by atoms with Gasteiger partial charge in [0.2, 0.25) is 0 Å². The van der Waals surface area contributed by atoms with Crippen LogP contribution in [0.2, 0.25) is 0 Å². The molecule has 22 heavy (non-hydrogen) atoms. The van der Waals surface area contributed by atoms with Crippen molar-refractivity contribution in [2.45, 2.75) is 32.4 Å². The van der Waals surface area contributed by atoms with Gasteiger partial charge in [0.15, 0.2) is 17.5 Å². The first-order chi connectivity index (χ1) is 10.2. The van der Waals surface area contributed by atoms with Gasteiger partial charge in [0.25, 0.3) is 0 Å². The summed E-state index contributed by atoms with van der Waals surface area (Å²) in [6.45, 7) is 5.08. The Morgan fingerprint density at radius 2 is 1.73 bits per heavy atom. The Bertz CT molecular complexity index is 549. The molecule has 1 rings (SSSR count). The summed E-state index contributed by atoms with van der Waals surface area (Å²) in [5, 5.41) is 11.6. The monoisotopic (exact) mass is 311 g/mol. The first-order valence-electron chi connectivity index (χ1n) is 6.62. The molecule has 1 aromatic rings. The predicted octanol–water partition coefficient (Wildman–Crippen LogP) is 2.35. The highest BCUT2D eigenvalue weighted by molar-refractivity contribution is 5.81. The van der Waals surface area contributed by atoms with E-state index < -0.39 is 23.7 Å². The molecule has 0 aliphatic rings. The van der Waals surface area contributed by atoms with Gasteiger partial charge in [-0.2, -0.15) is 0 Å². The standard InChI is InChI=1S/C15H21NO6/c1-15(2,3)22-14(19)16-12(13(17)18)9-6-7-10(20-4)11(8-9)21-5/h6-8,12H,1-5H3,(H,16,19)(H,17,18)/t12-/m1/s1. The van der Waals surface area contributed by atoms with Gasteiger partial charge in [-0.15, -0.1) is 0 Å². The van der Waals surface area contributed by atoms with Crippen molar-refractivity contribution >= 4 is 12.1 Å². The zero-order valence-corrected chi connectivity index (χ0v) is 13.3. The summed E-state index contributed by atoms with van der Waals surface area (Å²) in [5.74, 6) is -0.372. The van der Waals surface area contributed by atoms with Crippen molar-refractivity contribution in [3.8, 4) is 11.5 Å². The molecule has 0 spiro atoms. The highest BCUT2D eigenvalue weighted by Crippen LogP contribution is 2.30. The molecule has 0 aliphatic carbocycles. The molecule has 0 heterocycles. The third-order valence-corrected chi connectivity index (χ3v) is 2.65. The Balaban J connectivity index is 3.01. The number of benzene rings is 1. The molecule has 1 atom stereocenters. The smallest absolute Gasteiger partial charge is 0.408 e. The lowest BCUT2D eigenvalue weighted by Gasteiger charge is -2.22. The van der Waals surface area contributed by atoms with E-state index in [4.69, 9.17) is 14.2 Å². The average molecular weight is 311 g/mol. The molecule has 122 valence electrons.